The van der Waals surface area contributed by atoms with Crippen LogP contribution in [0.4, 0.5) is 16.0 Å². The number of halogens is 1. The molecular weight excluding hydrogens is 431 g/mol. The summed E-state index contributed by atoms with van der Waals surface area (Å²) in [7, 11) is 1.59. The van der Waals surface area contributed by atoms with E-state index in [0.717, 1.165) is 25.9 Å². The molecule has 1 saturated heterocycles. The van der Waals surface area contributed by atoms with Gasteiger partial charge in [-0.1, -0.05) is 18.2 Å². The number of methoxy groups -OCH3 is 1. The minimum absolute atomic E-state index is 0.158. The second-order valence-corrected chi connectivity index (χ2v) is 8.83. The van der Waals surface area contributed by atoms with E-state index in [0.29, 0.717) is 39.9 Å². The number of anilines is 2. The predicted molar refractivity (Wildman–Crippen MR) is 133 cm³/mol. The predicted octanol–water partition coefficient (Wildman–Crippen LogP) is 5.65. The van der Waals surface area contributed by atoms with Crippen LogP contribution in [0.1, 0.15) is 49.2 Å². The fourth-order valence-corrected chi connectivity index (χ4v) is 4.43. The van der Waals surface area contributed by atoms with Crippen LogP contribution in [0.25, 0.3) is 11.3 Å². The number of hydrogen-bond acceptors (Lipinski definition) is 5. The molecule has 2 heterocycles. The van der Waals surface area contributed by atoms with Gasteiger partial charge >= 0.3 is 0 Å². The van der Waals surface area contributed by atoms with Crippen LogP contribution in [0, 0.1) is 12.7 Å². The van der Waals surface area contributed by atoms with E-state index < -0.39 is 5.82 Å². The molecule has 6 nitrogen and oxygen atoms in total. The zero-order valence-corrected chi connectivity index (χ0v) is 20.2. The number of amides is 1. The van der Waals surface area contributed by atoms with Gasteiger partial charge in [0.15, 0.2) is 0 Å². The summed E-state index contributed by atoms with van der Waals surface area (Å²) in [4.78, 5) is 27.4. The van der Waals surface area contributed by atoms with E-state index in [9.17, 15) is 9.18 Å². The van der Waals surface area contributed by atoms with E-state index in [2.05, 4.69) is 4.90 Å². The Morgan fingerprint density at radius 2 is 1.79 bits per heavy atom. The fourth-order valence-electron chi connectivity index (χ4n) is 4.43. The van der Waals surface area contributed by atoms with Gasteiger partial charge in [-0.2, -0.15) is 0 Å². The van der Waals surface area contributed by atoms with E-state index in [1.807, 2.05) is 38.1 Å². The molecule has 2 aromatic carbocycles. The zero-order valence-electron chi connectivity index (χ0n) is 20.2. The van der Waals surface area contributed by atoms with E-state index in [-0.39, 0.29) is 11.9 Å². The molecule has 3 aromatic rings. The summed E-state index contributed by atoms with van der Waals surface area (Å²) < 4.78 is 20.4. The van der Waals surface area contributed by atoms with Gasteiger partial charge in [0.1, 0.15) is 11.6 Å². The highest BCUT2D eigenvalue weighted by Gasteiger charge is 2.29. The molecule has 0 atom stereocenters. The Hall–Kier alpha value is -3.48. The van der Waals surface area contributed by atoms with Gasteiger partial charge in [-0.25, -0.2) is 14.4 Å². The zero-order chi connectivity index (χ0) is 24.2. The van der Waals surface area contributed by atoms with Gasteiger partial charge in [0.05, 0.1) is 24.1 Å². The summed E-state index contributed by atoms with van der Waals surface area (Å²) >= 11 is 0. The first-order valence-corrected chi connectivity index (χ1v) is 11.8. The number of hydrogen-bond donors (Lipinski definition) is 0. The minimum Gasteiger partial charge on any atom is -0.497 e. The Balaban J connectivity index is 1.88. The van der Waals surface area contributed by atoms with Crippen molar-refractivity contribution in [3.63, 3.8) is 0 Å². The van der Waals surface area contributed by atoms with Crippen LogP contribution in [0.2, 0.25) is 0 Å². The monoisotopic (exact) mass is 462 g/mol. The number of aromatic nitrogens is 2. The Morgan fingerprint density at radius 1 is 1.06 bits per heavy atom. The molecule has 0 aliphatic carbocycles. The lowest BCUT2D eigenvalue weighted by Gasteiger charge is -2.30. The molecule has 4 rings (SSSR count). The maximum atomic E-state index is 15.0. The van der Waals surface area contributed by atoms with Crippen molar-refractivity contribution in [2.75, 3.05) is 30.0 Å². The van der Waals surface area contributed by atoms with E-state index >= 15 is 0 Å². The molecule has 0 bridgehead atoms. The third kappa shape index (κ3) is 4.74. The number of carbonyl (C=O) groups is 1. The molecule has 1 aromatic heterocycles. The molecule has 0 unspecified atom stereocenters. The Labute approximate surface area is 200 Å². The lowest BCUT2D eigenvalue weighted by Crippen LogP contribution is -2.38. The van der Waals surface area contributed by atoms with E-state index in [1.54, 1.807) is 37.1 Å². The van der Waals surface area contributed by atoms with Crippen LogP contribution in [0.15, 0.2) is 48.5 Å². The van der Waals surface area contributed by atoms with Crippen molar-refractivity contribution < 1.29 is 13.9 Å². The van der Waals surface area contributed by atoms with Crippen LogP contribution in [-0.4, -0.2) is 42.1 Å². The molecule has 0 spiro atoms. The van der Waals surface area contributed by atoms with Crippen molar-refractivity contribution in [3.8, 4) is 17.0 Å². The average molecular weight is 463 g/mol. The summed E-state index contributed by atoms with van der Waals surface area (Å²) in [5, 5.41) is 0. The molecule has 34 heavy (non-hydrogen) atoms. The normalized spacial score (nSPS) is 13.8. The highest BCUT2D eigenvalue weighted by molar-refractivity contribution is 6.11. The standard InChI is InChI=1S/C27H31FN4O2/c1-18(2)32(20-11-10-12-21(17-20)34-4)26(33)24-19(3)29-27(31-15-8-5-9-16-31)30-25(24)22-13-6-7-14-23(22)28/h6-7,10-14,17-18H,5,8-9,15-16H2,1-4H3. The SMILES string of the molecule is COc1cccc(N(C(=O)c2c(C)nc(N3CCCCC3)nc2-c2ccccc2F)C(C)C)c1. The molecule has 0 saturated carbocycles. The lowest BCUT2D eigenvalue weighted by atomic mass is 10.0. The van der Waals surface area contributed by atoms with Gasteiger partial charge in [-0.05, 0) is 64.3 Å². The summed E-state index contributed by atoms with van der Waals surface area (Å²) in [6.45, 7) is 7.39. The maximum absolute atomic E-state index is 15.0. The van der Waals surface area contributed by atoms with Gasteiger partial charge in [-0.3, -0.25) is 4.79 Å². The van der Waals surface area contributed by atoms with Gasteiger partial charge in [0.2, 0.25) is 5.95 Å². The number of rotatable bonds is 6. The molecule has 178 valence electrons. The lowest BCUT2D eigenvalue weighted by molar-refractivity contribution is 0.0979. The third-order valence-corrected chi connectivity index (χ3v) is 6.13. The number of ether oxygens (including phenoxy) is 1. The molecule has 0 N–H and O–H groups in total. The van der Waals surface area contributed by atoms with Gasteiger partial charge in [0.25, 0.3) is 5.91 Å². The summed E-state index contributed by atoms with van der Waals surface area (Å²) in [5.41, 5.74) is 2.15. The summed E-state index contributed by atoms with van der Waals surface area (Å²) in [6, 6.07) is 13.7. The molecule has 1 fully saturated rings. The Bertz CT molecular complexity index is 1180. The van der Waals surface area contributed by atoms with Crippen LogP contribution >= 0.6 is 0 Å². The summed E-state index contributed by atoms with van der Waals surface area (Å²) in [5.74, 6) is 0.504. The van der Waals surface area contributed by atoms with E-state index in [4.69, 9.17) is 14.7 Å². The average Bonchev–Trinajstić information content (AvgIpc) is 2.84. The van der Waals surface area contributed by atoms with Crippen molar-refractivity contribution in [1.82, 2.24) is 9.97 Å². The van der Waals surface area contributed by atoms with Crippen molar-refractivity contribution in [3.05, 3.63) is 65.6 Å². The number of nitrogens with zero attached hydrogens (tertiary/aromatic N) is 4. The Kier molecular flexibility index (Phi) is 7.10. The minimum atomic E-state index is -0.420. The summed E-state index contributed by atoms with van der Waals surface area (Å²) in [6.07, 6.45) is 3.31. The molecule has 1 aliphatic rings. The molecule has 1 aliphatic heterocycles. The van der Waals surface area contributed by atoms with Crippen molar-refractivity contribution in [2.45, 2.75) is 46.1 Å². The second-order valence-electron chi connectivity index (χ2n) is 8.83. The molecule has 0 radical (unpaired) electrons. The van der Waals surface area contributed by atoms with Crippen molar-refractivity contribution >= 4 is 17.5 Å². The van der Waals surface area contributed by atoms with Crippen LogP contribution < -0.4 is 14.5 Å². The number of carbonyl (C=O) groups excluding carboxylic acids is 1. The smallest absolute Gasteiger partial charge is 0.262 e. The maximum Gasteiger partial charge on any atom is 0.262 e. The van der Waals surface area contributed by atoms with Crippen LogP contribution in [0.5, 0.6) is 5.75 Å². The highest BCUT2D eigenvalue weighted by atomic mass is 19.1. The highest BCUT2D eigenvalue weighted by Crippen LogP contribution is 2.32. The molecule has 1 amide bonds. The number of piperidine rings is 1. The second kappa shape index (κ2) is 10.2. The first kappa shape index (κ1) is 23.7. The van der Waals surface area contributed by atoms with Gasteiger partial charge in [-0.15, -0.1) is 0 Å². The first-order chi connectivity index (χ1) is 16.4. The van der Waals surface area contributed by atoms with Gasteiger partial charge < -0.3 is 14.5 Å². The van der Waals surface area contributed by atoms with Gasteiger partial charge in [0, 0.05) is 36.4 Å². The first-order valence-electron chi connectivity index (χ1n) is 11.8. The quantitative estimate of drug-likeness (QED) is 0.474. The van der Waals surface area contributed by atoms with Crippen LogP contribution in [0.3, 0.4) is 0 Å². The topological polar surface area (TPSA) is 58.6 Å². The van der Waals surface area contributed by atoms with Crippen LogP contribution in [-0.2, 0) is 0 Å². The molecule has 7 heteroatoms. The molecular formula is C27H31FN4O2. The largest absolute Gasteiger partial charge is 0.497 e. The fraction of sp³-hybridized carbons (Fsp3) is 0.370. The third-order valence-electron chi connectivity index (χ3n) is 6.13. The number of aryl methyl sites for hydroxylation is 1. The van der Waals surface area contributed by atoms with Crippen molar-refractivity contribution in [2.24, 2.45) is 0 Å². The Morgan fingerprint density at radius 3 is 2.47 bits per heavy atom. The number of benzene rings is 2. The van der Waals surface area contributed by atoms with Crippen molar-refractivity contribution in [1.29, 1.82) is 0 Å². The van der Waals surface area contributed by atoms with E-state index in [1.165, 1.54) is 12.5 Å².